The molecule has 0 fully saturated rings. The molecule has 0 atom stereocenters. The van der Waals surface area contributed by atoms with Crippen LogP contribution in [0.4, 0.5) is 4.39 Å². The molecule has 0 aliphatic rings. The van der Waals surface area contributed by atoms with E-state index in [0.717, 1.165) is 12.1 Å². The quantitative estimate of drug-likeness (QED) is 0.340. The van der Waals surface area contributed by atoms with Gasteiger partial charge in [-0.05, 0) is 40.1 Å². The van der Waals surface area contributed by atoms with Crippen molar-refractivity contribution in [3.63, 3.8) is 0 Å². The van der Waals surface area contributed by atoms with E-state index in [1.54, 1.807) is 17.4 Å². The molecule has 2 rings (SSSR count). The number of rotatable bonds is 5. The van der Waals surface area contributed by atoms with Gasteiger partial charge in [-0.3, -0.25) is 0 Å². The van der Waals surface area contributed by atoms with Gasteiger partial charge >= 0.3 is 0 Å². The van der Waals surface area contributed by atoms with Crippen LogP contribution in [0.15, 0.2) is 40.2 Å². The largest absolute Gasteiger partial charge is 0.409 e. The molecule has 19 heavy (non-hydrogen) atoms. The summed E-state index contributed by atoms with van der Waals surface area (Å²) in [5.41, 5.74) is 7.92. The van der Waals surface area contributed by atoms with Crippen molar-refractivity contribution in [3.05, 3.63) is 57.5 Å². The lowest BCUT2D eigenvalue weighted by atomic mass is 10.1. The second kappa shape index (κ2) is 6.31. The highest BCUT2D eigenvalue weighted by atomic mass is 32.1. The fraction of sp³-hybridized carbons (Fsp3) is 0.154. The maximum Gasteiger partial charge on any atom is 0.170 e. The van der Waals surface area contributed by atoms with E-state index >= 15 is 0 Å². The zero-order valence-electron chi connectivity index (χ0n) is 10.1. The first kappa shape index (κ1) is 13.5. The number of hydrogen-bond acceptors (Lipinski definition) is 4. The number of hydrogen-bond donors (Lipinski definition) is 3. The van der Waals surface area contributed by atoms with Gasteiger partial charge < -0.3 is 16.3 Å². The van der Waals surface area contributed by atoms with Gasteiger partial charge in [-0.1, -0.05) is 11.2 Å². The molecule has 0 amide bonds. The Bertz CT molecular complexity index is 569. The molecule has 0 spiro atoms. The van der Waals surface area contributed by atoms with Crippen LogP contribution in [0.3, 0.4) is 0 Å². The lowest BCUT2D eigenvalue weighted by Gasteiger charge is -2.09. The van der Waals surface area contributed by atoms with E-state index in [1.165, 1.54) is 17.7 Å². The zero-order valence-corrected chi connectivity index (χ0v) is 11.0. The highest BCUT2D eigenvalue weighted by Gasteiger charge is 2.08. The molecule has 0 radical (unpaired) electrons. The third-order valence-corrected chi connectivity index (χ3v) is 3.41. The Balaban J connectivity index is 2.07. The third kappa shape index (κ3) is 3.52. The highest BCUT2D eigenvalue weighted by molar-refractivity contribution is 7.07. The van der Waals surface area contributed by atoms with Crippen molar-refractivity contribution < 1.29 is 9.60 Å². The van der Waals surface area contributed by atoms with Crippen LogP contribution >= 0.6 is 11.3 Å². The average molecular weight is 279 g/mol. The van der Waals surface area contributed by atoms with Crippen LogP contribution in [0.2, 0.25) is 0 Å². The van der Waals surface area contributed by atoms with Crippen LogP contribution in [0.1, 0.15) is 16.7 Å². The topological polar surface area (TPSA) is 70.6 Å². The summed E-state index contributed by atoms with van der Waals surface area (Å²) in [5.74, 6) is -0.505. The number of nitrogens with one attached hydrogen (secondary N) is 1. The monoisotopic (exact) mass is 279 g/mol. The summed E-state index contributed by atoms with van der Waals surface area (Å²) in [4.78, 5) is 0. The maximum atomic E-state index is 13.2. The SMILES string of the molecule is NC(=NO)c1cc(F)ccc1CNCc1ccsc1. The van der Waals surface area contributed by atoms with Crippen LogP contribution in [-0.2, 0) is 13.1 Å². The van der Waals surface area contributed by atoms with E-state index in [9.17, 15) is 4.39 Å². The average Bonchev–Trinajstić information content (AvgIpc) is 2.92. The zero-order chi connectivity index (χ0) is 13.7. The predicted molar refractivity (Wildman–Crippen MR) is 73.8 cm³/mol. The summed E-state index contributed by atoms with van der Waals surface area (Å²) in [7, 11) is 0. The fourth-order valence-corrected chi connectivity index (χ4v) is 2.40. The molecule has 0 unspecified atom stereocenters. The maximum absolute atomic E-state index is 13.2. The molecule has 4 N–H and O–H groups in total. The second-order valence-corrected chi connectivity index (χ2v) is 4.80. The molecular weight excluding hydrogens is 265 g/mol. The van der Waals surface area contributed by atoms with Crippen molar-refractivity contribution in [2.45, 2.75) is 13.1 Å². The number of nitrogens with zero attached hydrogens (tertiary/aromatic N) is 1. The molecular formula is C13H14FN3OS. The molecule has 0 saturated carbocycles. The summed E-state index contributed by atoms with van der Waals surface area (Å²) in [6, 6.07) is 6.28. The predicted octanol–water partition coefficient (Wildman–Crippen LogP) is 2.27. The second-order valence-electron chi connectivity index (χ2n) is 4.02. The van der Waals surface area contributed by atoms with Crippen molar-refractivity contribution in [1.29, 1.82) is 0 Å². The Morgan fingerprint density at radius 3 is 2.89 bits per heavy atom. The van der Waals surface area contributed by atoms with Gasteiger partial charge in [-0.2, -0.15) is 11.3 Å². The summed E-state index contributed by atoms with van der Waals surface area (Å²) >= 11 is 1.64. The molecule has 0 aliphatic heterocycles. The first-order chi connectivity index (χ1) is 9.20. The van der Waals surface area contributed by atoms with Crippen LogP contribution < -0.4 is 11.1 Å². The Morgan fingerprint density at radius 2 is 2.21 bits per heavy atom. The van der Waals surface area contributed by atoms with Gasteiger partial charge in [0.25, 0.3) is 0 Å². The number of halogens is 1. The standard InChI is InChI=1S/C13H14FN3OS/c14-11-2-1-10(12(5-11)13(15)17-18)7-16-6-9-3-4-19-8-9/h1-5,8,16,18H,6-7H2,(H2,15,17). The van der Waals surface area contributed by atoms with Gasteiger partial charge in [0, 0.05) is 18.7 Å². The van der Waals surface area contributed by atoms with E-state index in [4.69, 9.17) is 10.9 Å². The van der Waals surface area contributed by atoms with Crippen LogP contribution in [0.25, 0.3) is 0 Å². The lowest BCUT2D eigenvalue weighted by molar-refractivity contribution is 0.318. The molecule has 6 heteroatoms. The molecule has 0 bridgehead atoms. The molecule has 1 aromatic carbocycles. The van der Waals surface area contributed by atoms with E-state index in [2.05, 4.69) is 15.9 Å². The summed E-state index contributed by atoms with van der Waals surface area (Å²) in [6.45, 7) is 1.23. The van der Waals surface area contributed by atoms with E-state index in [0.29, 0.717) is 12.1 Å². The van der Waals surface area contributed by atoms with Crippen LogP contribution in [0, 0.1) is 5.82 Å². The summed E-state index contributed by atoms with van der Waals surface area (Å²) < 4.78 is 13.2. The molecule has 100 valence electrons. The van der Waals surface area contributed by atoms with Gasteiger partial charge in [-0.25, -0.2) is 4.39 Å². The smallest absolute Gasteiger partial charge is 0.170 e. The first-order valence-corrected chi connectivity index (χ1v) is 6.63. The minimum absolute atomic E-state index is 0.0909. The van der Waals surface area contributed by atoms with Crippen LogP contribution in [-0.4, -0.2) is 11.0 Å². The van der Waals surface area contributed by atoms with E-state index in [-0.39, 0.29) is 5.84 Å². The van der Waals surface area contributed by atoms with Gasteiger partial charge in [-0.15, -0.1) is 0 Å². The summed E-state index contributed by atoms with van der Waals surface area (Å²) in [5, 5.41) is 18.9. The molecule has 0 aliphatic carbocycles. The molecule has 4 nitrogen and oxygen atoms in total. The molecule has 1 aromatic heterocycles. The number of nitrogens with two attached hydrogens (primary N) is 1. The number of oxime groups is 1. The molecule has 0 saturated heterocycles. The first-order valence-electron chi connectivity index (χ1n) is 5.69. The van der Waals surface area contributed by atoms with E-state index < -0.39 is 5.82 Å². The van der Waals surface area contributed by atoms with Crippen LogP contribution in [0.5, 0.6) is 0 Å². The molecule has 2 aromatic rings. The van der Waals surface area contributed by atoms with Gasteiger partial charge in [0.1, 0.15) is 5.82 Å². The minimum Gasteiger partial charge on any atom is -0.409 e. The third-order valence-electron chi connectivity index (χ3n) is 2.68. The van der Waals surface area contributed by atoms with Crippen molar-refractivity contribution in [3.8, 4) is 0 Å². The minimum atomic E-state index is -0.414. The van der Waals surface area contributed by atoms with Crippen molar-refractivity contribution in [2.75, 3.05) is 0 Å². The van der Waals surface area contributed by atoms with Gasteiger partial charge in [0.15, 0.2) is 5.84 Å². The number of amidine groups is 1. The Hall–Kier alpha value is -1.92. The number of benzene rings is 1. The Morgan fingerprint density at radius 1 is 1.37 bits per heavy atom. The number of thiophene rings is 1. The van der Waals surface area contributed by atoms with Crippen molar-refractivity contribution in [1.82, 2.24) is 5.32 Å². The highest BCUT2D eigenvalue weighted by Crippen LogP contribution is 2.12. The van der Waals surface area contributed by atoms with E-state index in [1.807, 2.05) is 11.4 Å². The van der Waals surface area contributed by atoms with Crippen molar-refractivity contribution >= 4 is 17.2 Å². The Kier molecular flexibility index (Phi) is 4.48. The normalized spacial score (nSPS) is 11.7. The lowest BCUT2D eigenvalue weighted by Crippen LogP contribution is -2.20. The van der Waals surface area contributed by atoms with Gasteiger partial charge in [0.2, 0.25) is 0 Å². The summed E-state index contributed by atoms with van der Waals surface area (Å²) in [6.07, 6.45) is 0. The molecule has 1 heterocycles. The van der Waals surface area contributed by atoms with Gasteiger partial charge in [0.05, 0.1) is 0 Å². The Labute approximate surface area is 114 Å². The van der Waals surface area contributed by atoms with Crippen molar-refractivity contribution in [2.24, 2.45) is 10.9 Å². The fourth-order valence-electron chi connectivity index (χ4n) is 1.73.